The van der Waals surface area contributed by atoms with Crippen LogP contribution in [0.3, 0.4) is 0 Å². The van der Waals surface area contributed by atoms with E-state index in [0.717, 1.165) is 16.8 Å². The Morgan fingerprint density at radius 2 is 1.65 bits per heavy atom. The fourth-order valence-corrected chi connectivity index (χ4v) is 2.07. The number of Topliss-reactive ketones (excluding diaryl/α,β-unsaturated/α-hetero) is 2. The average Bonchev–Trinajstić information content (AvgIpc) is 2.36. The van der Waals surface area contributed by atoms with Crippen LogP contribution in [0.4, 0.5) is 4.39 Å². The molecular formula is C14H7FO2. The van der Waals surface area contributed by atoms with Gasteiger partial charge in [-0.2, -0.15) is 0 Å². The van der Waals surface area contributed by atoms with Gasteiger partial charge < -0.3 is 0 Å². The summed E-state index contributed by atoms with van der Waals surface area (Å²) in [5.74, 6) is -2.82. The van der Waals surface area contributed by atoms with Crippen LogP contribution in [-0.2, 0) is 4.79 Å². The molecule has 82 valence electrons. The van der Waals surface area contributed by atoms with Gasteiger partial charge in [-0.3, -0.25) is 9.59 Å². The van der Waals surface area contributed by atoms with Gasteiger partial charge in [0.2, 0.25) is 5.78 Å². The van der Waals surface area contributed by atoms with E-state index in [0.29, 0.717) is 5.56 Å². The van der Waals surface area contributed by atoms with Crippen LogP contribution in [0.2, 0.25) is 0 Å². The molecule has 0 saturated carbocycles. The number of carbonyl (C=O) groups excluding carboxylic acids is 2. The van der Waals surface area contributed by atoms with E-state index in [2.05, 4.69) is 0 Å². The molecule has 1 aliphatic carbocycles. The van der Waals surface area contributed by atoms with Gasteiger partial charge in [-0.05, 0) is 28.5 Å². The second kappa shape index (κ2) is 3.35. The number of hydrogen-bond donors (Lipinski definition) is 0. The molecule has 3 rings (SSSR count). The van der Waals surface area contributed by atoms with E-state index < -0.39 is 17.4 Å². The van der Waals surface area contributed by atoms with Gasteiger partial charge in [0, 0.05) is 5.56 Å². The first-order valence-corrected chi connectivity index (χ1v) is 5.16. The Morgan fingerprint density at radius 1 is 0.882 bits per heavy atom. The molecule has 0 atom stereocenters. The molecule has 0 aliphatic heterocycles. The Morgan fingerprint density at radius 3 is 2.47 bits per heavy atom. The fraction of sp³-hybridized carbons (Fsp3) is 0. The summed E-state index contributed by atoms with van der Waals surface area (Å²) in [5, 5.41) is 1.69. The molecular weight excluding hydrogens is 219 g/mol. The lowest BCUT2D eigenvalue weighted by molar-refractivity contribution is -0.113. The van der Waals surface area contributed by atoms with Crippen molar-refractivity contribution in [1.29, 1.82) is 0 Å². The molecule has 0 bridgehead atoms. The summed E-state index contributed by atoms with van der Waals surface area (Å²) in [5.41, 5.74) is 0.764. The highest BCUT2D eigenvalue weighted by atomic mass is 19.1. The zero-order chi connectivity index (χ0) is 12.0. The first kappa shape index (κ1) is 9.90. The third-order valence-electron chi connectivity index (χ3n) is 2.91. The number of benzene rings is 2. The lowest BCUT2D eigenvalue weighted by Crippen LogP contribution is -2.19. The van der Waals surface area contributed by atoms with E-state index in [9.17, 15) is 14.0 Å². The van der Waals surface area contributed by atoms with Crippen LogP contribution in [0.15, 0.2) is 42.2 Å². The molecule has 3 heteroatoms. The highest BCUT2D eigenvalue weighted by Crippen LogP contribution is 2.29. The van der Waals surface area contributed by atoms with Crippen molar-refractivity contribution in [3.05, 3.63) is 53.4 Å². The monoisotopic (exact) mass is 226 g/mol. The number of fused-ring (bicyclic) bond motifs is 3. The summed E-state index contributed by atoms with van der Waals surface area (Å²) in [6, 6.07) is 10.7. The summed E-state index contributed by atoms with van der Waals surface area (Å²) in [4.78, 5) is 22.9. The molecule has 0 aromatic heterocycles. The summed E-state index contributed by atoms with van der Waals surface area (Å²) < 4.78 is 13.3. The molecule has 0 radical (unpaired) electrons. The van der Waals surface area contributed by atoms with Crippen molar-refractivity contribution in [2.45, 2.75) is 0 Å². The predicted octanol–water partition coefficient (Wildman–Crippen LogP) is 2.92. The number of carbonyl (C=O) groups is 2. The normalized spacial score (nSPS) is 14.8. The molecule has 0 amide bonds. The summed E-state index contributed by atoms with van der Waals surface area (Å²) in [6.45, 7) is 0. The second-order valence-electron chi connectivity index (χ2n) is 3.90. The molecule has 2 nitrogen and oxygen atoms in total. The van der Waals surface area contributed by atoms with Gasteiger partial charge >= 0.3 is 0 Å². The number of allylic oxidation sites excluding steroid dienone is 1. The predicted molar refractivity (Wildman–Crippen MR) is 62.4 cm³/mol. The van der Waals surface area contributed by atoms with Crippen LogP contribution in [-0.4, -0.2) is 11.6 Å². The van der Waals surface area contributed by atoms with Gasteiger partial charge in [-0.25, -0.2) is 4.39 Å². The lowest BCUT2D eigenvalue weighted by Gasteiger charge is -2.12. The Balaban J connectivity index is 2.44. The van der Waals surface area contributed by atoms with Crippen LogP contribution < -0.4 is 0 Å². The first-order valence-electron chi connectivity index (χ1n) is 5.16. The average molecular weight is 226 g/mol. The van der Waals surface area contributed by atoms with Crippen molar-refractivity contribution in [3.63, 3.8) is 0 Å². The van der Waals surface area contributed by atoms with Crippen molar-refractivity contribution in [2.24, 2.45) is 0 Å². The van der Waals surface area contributed by atoms with Gasteiger partial charge in [0.05, 0.1) is 0 Å². The highest BCUT2D eigenvalue weighted by molar-refractivity contribution is 6.51. The van der Waals surface area contributed by atoms with Crippen LogP contribution in [0.5, 0.6) is 0 Å². The zero-order valence-corrected chi connectivity index (χ0v) is 8.74. The van der Waals surface area contributed by atoms with E-state index in [1.807, 2.05) is 18.2 Å². The molecule has 0 spiro atoms. The molecule has 2 aromatic carbocycles. The van der Waals surface area contributed by atoms with Crippen molar-refractivity contribution < 1.29 is 14.0 Å². The largest absolute Gasteiger partial charge is 0.285 e. The fourth-order valence-electron chi connectivity index (χ4n) is 2.07. The molecule has 2 aromatic rings. The smallest absolute Gasteiger partial charge is 0.261 e. The van der Waals surface area contributed by atoms with E-state index in [-0.39, 0.29) is 5.56 Å². The van der Waals surface area contributed by atoms with E-state index in [1.165, 1.54) is 0 Å². The number of hydrogen-bond acceptors (Lipinski definition) is 2. The van der Waals surface area contributed by atoms with E-state index in [4.69, 9.17) is 0 Å². The Labute approximate surface area is 96.4 Å². The zero-order valence-electron chi connectivity index (χ0n) is 8.74. The van der Waals surface area contributed by atoms with Crippen molar-refractivity contribution in [1.82, 2.24) is 0 Å². The standard InChI is InChI=1S/C14H7FO2/c15-12-7-11-9-4-2-1-3-8(9)5-6-10(11)13(16)14(12)17/h1-7H. The van der Waals surface area contributed by atoms with Gasteiger partial charge in [-0.15, -0.1) is 0 Å². The highest BCUT2D eigenvalue weighted by Gasteiger charge is 2.28. The number of rotatable bonds is 0. The molecule has 1 aliphatic rings. The van der Waals surface area contributed by atoms with Gasteiger partial charge in [0.1, 0.15) is 0 Å². The Hall–Kier alpha value is -2.29. The minimum atomic E-state index is -1.06. The van der Waals surface area contributed by atoms with Crippen molar-refractivity contribution in [3.8, 4) is 0 Å². The van der Waals surface area contributed by atoms with Gasteiger partial charge in [0.25, 0.3) is 5.78 Å². The molecule has 0 N–H and O–H groups in total. The number of ketones is 2. The van der Waals surface area contributed by atoms with E-state index in [1.54, 1.807) is 18.2 Å². The maximum absolute atomic E-state index is 13.3. The molecule has 17 heavy (non-hydrogen) atoms. The second-order valence-corrected chi connectivity index (χ2v) is 3.90. The maximum Gasteiger partial charge on any atom is 0.261 e. The molecule has 0 fully saturated rings. The molecule has 0 unspecified atom stereocenters. The topological polar surface area (TPSA) is 34.1 Å². The van der Waals surface area contributed by atoms with Gasteiger partial charge in [-0.1, -0.05) is 30.3 Å². The Kier molecular flexibility index (Phi) is 1.95. The SMILES string of the molecule is O=C1C(=O)c2ccc3ccccc3c2C=C1F. The summed E-state index contributed by atoms with van der Waals surface area (Å²) >= 11 is 0. The quantitative estimate of drug-likeness (QED) is 0.647. The van der Waals surface area contributed by atoms with Crippen LogP contribution in [0.1, 0.15) is 15.9 Å². The first-order chi connectivity index (χ1) is 8.18. The number of halogens is 1. The third-order valence-corrected chi connectivity index (χ3v) is 2.91. The third kappa shape index (κ3) is 1.32. The van der Waals surface area contributed by atoms with Crippen molar-refractivity contribution >= 4 is 28.4 Å². The van der Waals surface area contributed by atoms with Gasteiger partial charge in [0.15, 0.2) is 5.83 Å². The van der Waals surface area contributed by atoms with Crippen LogP contribution in [0.25, 0.3) is 16.8 Å². The summed E-state index contributed by atoms with van der Waals surface area (Å²) in [6.07, 6.45) is 1.14. The van der Waals surface area contributed by atoms with Crippen LogP contribution >= 0.6 is 0 Å². The van der Waals surface area contributed by atoms with Crippen molar-refractivity contribution in [2.75, 3.05) is 0 Å². The Bertz CT molecular complexity index is 698. The van der Waals surface area contributed by atoms with E-state index >= 15 is 0 Å². The minimum absolute atomic E-state index is 0.273. The maximum atomic E-state index is 13.3. The minimum Gasteiger partial charge on any atom is -0.285 e. The summed E-state index contributed by atoms with van der Waals surface area (Å²) in [7, 11) is 0. The lowest BCUT2D eigenvalue weighted by atomic mass is 9.90. The molecule has 0 heterocycles. The molecule has 0 saturated heterocycles. The van der Waals surface area contributed by atoms with Crippen LogP contribution in [0, 0.1) is 0 Å².